The van der Waals surface area contributed by atoms with Crippen LogP contribution in [-0.4, -0.2) is 0 Å². The average molecular weight is 154 g/mol. The van der Waals surface area contributed by atoms with Crippen LogP contribution in [-0.2, 0) is 6.42 Å². The van der Waals surface area contributed by atoms with Gasteiger partial charge in [0.1, 0.15) is 12.0 Å². The summed E-state index contributed by atoms with van der Waals surface area (Å²) in [4.78, 5) is 0. The highest BCUT2D eigenvalue weighted by Crippen LogP contribution is 2.35. The monoisotopic (exact) mass is 154 g/mol. The molecule has 0 amide bonds. The number of hydrogen-bond acceptors (Lipinski definition) is 0. The molecule has 0 saturated carbocycles. The molecular formula is C9H8F2. The molecule has 0 spiro atoms. The van der Waals surface area contributed by atoms with Crippen LogP contribution in [0.4, 0.5) is 8.78 Å². The minimum absolute atomic E-state index is 0.285. The third kappa shape index (κ3) is 0.934. The third-order valence-electron chi connectivity index (χ3n) is 2.12. The van der Waals surface area contributed by atoms with Crippen molar-refractivity contribution in [3.8, 4) is 0 Å². The maximum atomic E-state index is 12.9. The van der Waals surface area contributed by atoms with Gasteiger partial charge in [0.25, 0.3) is 0 Å². The summed E-state index contributed by atoms with van der Waals surface area (Å²) in [5.41, 5.74) is 1.12. The molecule has 1 atom stereocenters. The van der Waals surface area contributed by atoms with Crippen molar-refractivity contribution >= 4 is 0 Å². The Morgan fingerprint density at radius 1 is 1.36 bits per heavy atom. The zero-order valence-electron chi connectivity index (χ0n) is 5.98. The number of benzene rings is 1. The van der Waals surface area contributed by atoms with Gasteiger partial charge in [0.05, 0.1) is 0 Å². The molecule has 0 fully saturated rings. The van der Waals surface area contributed by atoms with Gasteiger partial charge in [0, 0.05) is 5.56 Å². The van der Waals surface area contributed by atoms with Crippen LogP contribution in [0.2, 0.25) is 0 Å². The van der Waals surface area contributed by atoms with E-state index in [4.69, 9.17) is 0 Å². The topological polar surface area (TPSA) is 0 Å². The zero-order chi connectivity index (χ0) is 7.84. The lowest BCUT2D eigenvalue weighted by atomic mass is 10.1. The van der Waals surface area contributed by atoms with Gasteiger partial charge >= 0.3 is 0 Å². The lowest BCUT2D eigenvalue weighted by molar-refractivity contribution is 0.334. The molecule has 0 nitrogen and oxygen atoms in total. The lowest BCUT2D eigenvalue weighted by Gasteiger charge is -2.01. The molecule has 0 aromatic heterocycles. The number of hydrogen-bond donors (Lipinski definition) is 0. The highest BCUT2D eigenvalue weighted by Gasteiger charge is 2.24. The van der Waals surface area contributed by atoms with Gasteiger partial charge in [-0.25, -0.2) is 8.78 Å². The Labute approximate surface area is 63.9 Å². The summed E-state index contributed by atoms with van der Waals surface area (Å²) >= 11 is 0. The molecule has 1 aromatic carbocycles. The van der Waals surface area contributed by atoms with Gasteiger partial charge in [-0.2, -0.15) is 0 Å². The van der Waals surface area contributed by atoms with E-state index < -0.39 is 12.0 Å². The van der Waals surface area contributed by atoms with Crippen molar-refractivity contribution in [1.29, 1.82) is 0 Å². The zero-order valence-corrected chi connectivity index (χ0v) is 5.98. The smallest absolute Gasteiger partial charge is 0.129 e. The molecule has 58 valence electrons. The van der Waals surface area contributed by atoms with Gasteiger partial charge in [-0.05, 0) is 24.5 Å². The Morgan fingerprint density at radius 2 is 2.18 bits per heavy atom. The molecule has 0 bridgehead atoms. The highest BCUT2D eigenvalue weighted by molar-refractivity contribution is 5.34. The molecule has 0 radical (unpaired) electrons. The van der Waals surface area contributed by atoms with Crippen molar-refractivity contribution in [2.75, 3.05) is 0 Å². The van der Waals surface area contributed by atoms with E-state index >= 15 is 0 Å². The molecule has 0 N–H and O–H groups in total. The third-order valence-corrected chi connectivity index (χ3v) is 2.12. The van der Waals surface area contributed by atoms with Crippen LogP contribution >= 0.6 is 0 Å². The van der Waals surface area contributed by atoms with Crippen LogP contribution in [0.25, 0.3) is 0 Å². The predicted octanol–water partition coefficient (Wildman–Crippen LogP) is 2.78. The summed E-state index contributed by atoms with van der Waals surface area (Å²) in [5.74, 6) is -0.396. The van der Waals surface area contributed by atoms with Gasteiger partial charge < -0.3 is 0 Å². The summed E-state index contributed by atoms with van der Waals surface area (Å²) in [6.45, 7) is 0. The van der Waals surface area contributed by atoms with E-state index in [0.717, 1.165) is 5.56 Å². The molecule has 2 heteroatoms. The van der Waals surface area contributed by atoms with Gasteiger partial charge in [0.15, 0.2) is 0 Å². The molecule has 0 saturated heterocycles. The van der Waals surface area contributed by atoms with Crippen molar-refractivity contribution in [3.63, 3.8) is 0 Å². The molecule has 1 unspecified atom stereocenters. The summed E-state index contributed by atoms with van der Waals surface area (Å²) in [5, 5.41) is 0. The van der Waals surface area contributed by atoms with E-state index in [-0.39, 0.29) is 5.56 Å². The van der Waals surface area contributed by atoms with Crippen molar-refractivity contribution in [2.45, 2.75) is 19.0 Å². The lowest BCUT2D eigenvalue weighted by Crippen LogP contribution is -1.89. The number of fused-ring (bicyclic) bond motifs is 1. The SMILES string of the molecule is Fc1cccc2c1C(F)CC2. The largest absolute Gasteiger partial charge is 0.242 e. The van der Waals surface area contributed by atoms with Crippen LogP contribution in [0.5, 0.6) is 0 Å². The van der Waals surface area contributed by atoms with E-state index in [1.165, 1.54) is 6.07 Å². The fourth-order valence-electron chi connectivity index (χ4n) is 1.58. The van der Waals surface area contributed by atoms with Crippen LogP contribution < -0.4 is 0 Å². The Morgan fingerprint density at radius 3 is 2.91 bits per heavy atom. The Balaban J connectivity index is 2.58. The van der Waals surface area contributed by atoms with Crippen LogP contribution in [0.3, 0.4) is 0 Å². The molecule has 11 heavy (non-hydrogen) atoms. The second kappa shape index (κ2) is 2.29. The molecular weight excluding hydrogens is 146 g/mol. The van der Waals surface area contributed by atoms with E-state index in [0.29, 0.717) is 12.8 Å². The van der Waals surface area contributed by atoms with E-state index in [1.54, 1.807) is 12.1 Å². The highest BCUT2D eigenvalue weighted by atomic mass is 19.1. The Bertz CT molecular complexity index is 281. The van der Waals surface area contributed by atoms with E-state index in [9.17, 15) is 8.78 Å². The Hall–Kier alpha value is -0.920. The summed E-state index contributed by atoms with van der Waals surface area (Å²) < 4.78 is 25.8. The van der Waals surface area contributed by atoms with Crippen molar-refractivity contribution in [2.24, 2.45) is 0 Å². The number of aryl methyl sites for hydroxylation is 1. The van der Waals surface area contributed by atoms with Gasteiger partial charge in [0.2, 0.25) is 0 Å². The normalized spacial score (nSPS) is 21.8. The summed E-state index contributed by atoms with van der Waals surface area (Å²) in [7, 11) is 0. The Kier molecular flexibility index (Phi) is 1.41. The molecule has 1 aliphatic rings. The van der Waals surface area contributed by atoms with Crippen LogP contribution in [0.1, 0.15) is 23.7 Å². The molecule has 0 heterocycles. The minimum atomic E-state index is -1.08. The molecule has 1 aromatic rings. The summed E-state index contributed by atoms with van der Waals surface area (Å²) in [6.07, 6.45) is 0.0380. The van der Waals surface area contributed by atoms with Gasteiger partial charge in [-0.1, -0.05) is 12.1 Å². The van der Waals surface area contributed by atoms with E-state index in [1.807, 2.05) is 0 Å². The van der Waals surface area contributed by atoms with Crippen molar-refractivity contribution in [1.82, 2.24) is 0 Å². The maximum absolute atomic E-state index is 12.9. The fourth-order valence-corrected chi connectivity index (χ4v) is 1.58. The fraction of sp³-hybridized carbons (Fsp3) is 0.333. The second-order valence-electron chi connectivity index (χ2n) is 2.82. The minimum Gasteiger partial charge on any atom is -0.242 e. The number of alkyl halides is 1. The first-order valence-electron chi connectivity index (χ1n) is 3.70. The maximum Gasteiger partial charge on any atom is 0.129 e. The van der Waals surface area contributed by atoms with Crippen molar-refractivity contribution in [3.05, 3.63) is 35.1 Å². The second-order valence-corrected chi connectivity index (χ2v) is 2.82. The first kappa shape index (κ1) is 6.77. The standard InChI is InChI=1S/C9H8F2/c10-7-3-1-2-6-4-5-8(11)9(6)7/h1-3,8H,4-5H2. The number of rotatable bonds is 0. The van der Waals surface area contributed by atoms with Crippen molar-refractivity contribution < 1.29 is 8.78 Å². The molecule has 1 aliphatic carbocycles. The average Bonchev–Trinajstić information content (AvgIpc) is 2.34. The number of halogens is 2. The summed E-state index contributed by atoms with van der Waals surface area (Å²) in [6, 6.07) is 4.74. The molecule has 0 aliphatic heterocycles. The predicted molar refractivity (Wildman–Crippen MR) is 38.6 cm³/mol. The van der Waals surface area contributed by atoms with Crippen LogP contribution in [0.15, 0.2) is 18.2 Å². The van der Waals surface area contributed by atoms with Crippen LogP contribution in [0, 0.1) is 5.82 Å². The van der Waals surface area contributed by atoms with Gasteiger partial charge in [-0.15, -0.1) is 0 Å². The first-order valence-corrected chi connectivity index (χ1v) is 3.70. The molecule has 2 rings (SSSR count). The quantitative estimate of drug-likeness (QED) is 0.539. The first-order chi connectivity index (χ1) is 5.29. The van der Waals surface area contributed by atoms with Gasteiger partial charge in [-0.3, -0.25) is 0 Å². The van der Waals surface area contributed by atoms with E-state index in [2.05, 4.69) is 0 Å².